The van der Waals surface area contributed by atoms with Crippen molar-refractivity contribution in [3.8, 4) is 0 Å². The summed E-state index contributed by atoms with van der Waals surface area (Å²) in [4.78, 5) is 30.0. The third-order valence-electron chi connectivity index (χ3n) is 5.67. The molecule has 2 amide bonds. The molecule has 0 spiro atoms. The monoisotopic (exact) mass is 443 g/mol. The van der Waals surface area contributed by atoms with Gasteiger partial charge in [-0.15, -0.1) is 0 Å². The molecule has 2 atom stereocenters. The molecule has 31 heavy (non-hydrogen) atoms. The number of fused-ring (bicyclic) bond motifs is 1. The van der Waals surface area contributed by atoms with E-state index in [2.05, 4.69) is 10.3 Å². The Morgan fingerprint density at radius 2 is 2.10 bits per heavy atom. The summed E-state index contributed by atoms with van der Waals surface area (Å²) < 4.78 is 19.0. The predicted molar refractivity (Wildman–Crippen MR) is 119 cm³/mol. The molecule has 1 fully saturated rings. The van der Waals surface area contributed by atoms with Crippen molar-refractivity contribution in [2.75, 3.05) is 25.1 Å². The van der Waals surface area contributed by atoms with Gasteiger partial charge in [0, 0.05) is 36.3 Å². The minimum Gasteiger partial charge on any atom is -0.381 e. The largest absolute Gasteiger partial charge is 0.381 e. The van der Waals surface area contributed by atoms with E-state index in [4.69, 9.17) is 16.3 Å². The van der Waals surface area contributed by atoms with Crippen LogP contribution < -0.4 is 10.9 Å². The molecule has 0 aliphatic carbocycles. The second-order valence-corrected chi connectivity index (χ2v) is 8.14. The average Bonchev–Trinajstić information content (AvgIpc) is 3.28. The molecule has 0 radical (unpaired) electrons. The van der Waals surface area contributed by atoms with Crippen molar-refractivity contribution in [3.05, 3.63) is 75.4 Å². The number of hydrogen-bond acceptors (Lipinski definition) is 3. The third-order valence-corrected chi connectivity index (χ3v) is 5.96. The highest BCUT2D eigenvalue weighted by Gasteiger charge is 2.28. The highest BCUT2D eigenvalue weighted by Crippen LogP contribution is 2.29. The molecule has 4 rings (SSSR count). The van der Waals surface area contributed by atoms with Crippen LogP contribution in [0.25, 0.3) is 10.8 Å². The summed E-state index contributed by atoms with van der Waals surface area (Å²) in [7, 11) is 0. The van der Waals surface area contributed by atoms with Crippen LogP contribution in [0.4, 0.5) is 14.9 Å². The van der Waals surface area contributed by atoms with Crippen LogP contribution in [0.2, 0.25) is 5.02 Å². The van der Waals surface area contributed by atoms with Crippen molar-refractivity contribution >= 4 is 34.1 Å². The third kappa shape index (κ3) is 4.57. The highest BCUT2D eigenvalue weighted by molar-refractivity contribution is 6.31. The van der Waals surface area contributed by atoms with Crippen molar-refractivity contribution in [3.63, 3.8) is 0 Å². The molecular weight excluding hydrogens is 421 g/mol. The molecule has 8 heteroatoms. The number of hydrogen-bond donors (Lipinski definition) is 2. The lowest BCUT2D eigenvalue weighted by Gasteiger charge is -2.32. The molecule has 2 unspecified atom stereocenters. The average molecular weight is 444 g/mol. The Balaban J connectivity index is 1.67. The van der Waals surface area contributed by atoms with Crippen LogP contribution in [0.3, 0.4) is 0 Å². The van der Waals surface area contributed by atoms with Crippen LogP contribution in [0.1, 0.15) is 24.9 Å². The normalized spacial score (nSPS) is 16.9. The van der Waals surface area contributed by atoms with Gasteiger partial charge in [0.1, 0.15) is 5.82 Å². The molecule has 2 aromatic carbocycles. The zero-order chi connectivity index (χ0) is 22.0. The molecule has 3 aromatic rings. The number of amides is 2. The van der Waals surface area contributed by atoms with E-state index in [9.17, 15) is 14.0 Å². The van der Waals surface area contributed by atoms with Gasteiger partial charge < -0.3 is 19.9 Å². The van der Waals surface area contributed by atoms with E-state index in [1.54, 1.807) is 17.2 Å². The van der Waals surface area contributed by atoms with E-state index >= 15 is 0 Å². The van der Waals surface area contributed by atoms with Crippen LogP contribution >= 0.6 is 11.6 Å². The van der Waals surface area contributed by atoms with Gasteiger partial charge >= 0.3 is 6.03 Å². The fourth-order valence-corrected chi connectivity index (χ4v) is 4.12. The molecular formula is C23H23ClFN3O3. The molecule has 0 saturated carbocycles. The summed E-state index contributed by atoms with van der Waals surface area (Å²) >= 11 is 5.86. The van der Waals surface area contributed by atoms with Crippen molar-refractivity contribution in [1.82, 2.24) is 9.88 Å². The minimum atomic E-state index is -0.548. The van der Waals surface area contributed by atoms with Gasteiger partial charge in [-0.25, -0.2) is 9.18 Å². The van der Waals surface area contributed by atoms with E-state index in [0.717, 1.165) is 17.4 Å². The summed E-state index contributed by atoms with van der Waals surface area (Å²) in [6.07, 6.45) is 2.53. The first-order valence-corrected chi connectivity index (χ1v) is 10.5. The Morgan fingerprint density at radius 1 is 1.32 bits per heavy atom. The summed E-state index contributed by atoms with van der Waals surface area (Å²) in [5.74, 6) is -0.341. The first kappa shape index (κ1) is 21.3. The standard InChI is InChI=1S/C23H23ClFN3O3/c1-14(19-11-26-22(29)18-5-3-2-4-17(18)19)28(12-15-8-9-31-13-15)23(30)27-16-6-7-21(25)20(24)10-16/h2-7,10-11,14-15H,8-9,12-13H2,1H3,(H,26,29)(H,27,30). The molecule has 0 bridgehead atoms. The first-order valence-electron chi connectivity index (χ1n) is 10.1. The number of anilines is 1. The second kappa shape index (κ2) is 9.08. The first-order chi connectivity index (χ1) is 14.9. The number of ether oxygens (including phenoxy) is 1. The molecule has 2 N–H and O–H groups in total. The van der Waals surface area contributed by atoms with Gasteiger partial charge in [0.2, 0.25) is 0 Å². The maximum atomic E-state index is 13.5. The number of aromatic nitrogens is 1. The lowest BCUT2D eigenvalue weighted by molar-refractivity contribution is 0.157. The number of H-pyrrole nitrogens is 1. The van der Waals surface area contributed by atoms with E-state index in [-0.39, 0.29) is 28.6 Å². The maximum absolute atomic E-state index is 13.5. The molecule has 1 aromatic heterocycles. The van der Waals surface area contributed by atoms with Gasteiger partial charge in [-0.3, -0.25) is 4.79 Å². The van der Waals surface area contributed by atoms with Crippen LogP contribution in [-0.2, 0) is 4.74 Å². The molecule has 2 heterocycles. The lowest BCUT2D eigenvalue weighted by Crippen LogP contribution is -2.40. The molecule has 162 valence electrons. The Kier molecular flexibility index (Phi) is 6.25. The number of carbonyl (C=O) groups excluding carboxylic acids is 1. The van der Waals surface area contributed by atoms with E-state index < -0.39 is 5.82 Å². The lowest BCUT2D eigenvalue weighted by atomic mass is 10.00. The SMILES string of the molecule is CC(c1c[nH]c(=O)c2ccccc12)N(CC1CCOC1)C(=O)Nc1ccc(F)c(Cl)c1. The van der Waals surface area contributed by atoms with Crippen molar-refractivity contribution < 1.29 is 13.9 Å². The second-order valence-electron chi connectivity index (χ2n) is 7.74. The fourth-order valence-electron chi connectivity index (χ4n) is 3.94. The number of urea groups is 1. The van der Waals surface area contributed by atoms with Gasteiger partial charge in [0.25, 0.3) is 5.56 Å². The molecule has 6 nitrogen and oxygen atoms in total. The maximum Gasteiger partial charge on any atom is 0.322 e. The van der Waals surface area contributed by atoms with Gasteiger partial charge in [-0.1, -0.05) is 29.8 Å². The van der Waals surface area contributed by atoms with Crippen LogP contribution in [0.5, 0.6) is 0 Å². The van der Waals surface area contributed by atoms with E-state index in [1.165, 1.54) is 18.2 Å². The number of rotatable bonds is 5. The predicted octanol–water partition coefficient (Wildman–Crippen LogP) is 4.95. The highest BCUT2D eigenvalue weighted by atomic mass is 35.5. The molecule has 1 saturated heterocycles. The van der Waals surface area contributed by atoms with Crippen molar-refractivity contribution in [1.29, 1.82) is 0 Å². The van der Waals surface area contributed by atoms with Crippen molar-refractivity contribution in [2.24, 2.45) is 5.92 Å². The summed E-state index contributed by atoms with van der Waals surface area (Å²) in [5.41, 5.74) is 1.07. The Bertz CT molecular complexity index is 1160. The minimum absolute atomic E-state index is 0.0618. The van der Waals surface area contributed by atoms with Crippen LogP contribution in [-0.4, -0.2) is 35.7 Å². The van der Waals surface area contributed by atoms with Gasteiger partial charge in [-0.05, 0) is 48.6 Å². The molecule has 1 aliphatic rings. The van der Waals surface area contributed by atoms with E-state index in [1.807, 2.05) is 25.1 Å². The van der Waals surface area contributed by atoms with Crippen LogP contribution in [0, 0.1) is 11.7 Å². The summed E-state index contributed by atoms with van der Waals surface area (Å²) in [6, 6.07) is 10.7. The van der Waals surface area contributed by atoms with Crippen LogP contribution in [0.15, 0.2) is 53.5 Å². The number of halogens is 2. The fraction of sp³-hybridized carbons (Fsp3) is 0.304. The number of pyridine rings is 1. The van der Waals surface area contributed by atoms with E-state index in [0.29, 0.717) is 30.8 Å². The van der Waals surface area contributed by atoms with Crippen molar-refractivity contribution in [2.45, 2.75) is 19.4 Å². The topological polar surface area (TPSA) is 74.4 Å². The number of benzene rings is 2. The number of nitrogens with one attached hydrogen (secondary N) is 2. The van der Waals surface area contributed by atoms with Gasteiger partial charge in [0.05, 0.1) is 17.7 Å². The Morgan fingerprint density at radius 3 is 2.81 bits per heavy atom. The Hall–Kier alpha value is -2.90. The number of aromatic amines is 1. The smallest absolute Gasteiger partial charge is 0.322 e. The Labute approximate surface area is 184 Å². The quantitative estimate of drug-likeness (QED) is 0.585. The molecule has 1 aliphatic heterocycles. The summed E-state index contributed by atoms with van der Waals surface area (Å²) in [5, 5.41) is 4.12. The number of carbonyl (C=O) groups is 1. The van der Waals surface area contributed by atoms with Gasteiger partial charge in [0.15, 0.2) is 0 Å². The zero-order valence-electron chi connectivity index (χ0n) is 17.0. The number of nitrogens with zero attached hydrogens (tertiary/aromatic N) is 1. The zero-order valence-corrected chi connectivity index (χ0v) is 17.8. The summed E-state index contributed by atoms with van der Waals surface area (Å²) in [6.45, 7) is 3.66. The van der Waals surface area contributed by atoms with Gasteiger partial charge in [-0.2, -0.15) is 0 Å².